The minimum atomic E-state index is 0.339. The van der Waals surface area contributed by atoms with Gasteiger partial charge in [0, 0.05) is 32.1 Å². The molecule has 0 spiro atoms. The number of nitrogens with zero attached hydrogens (tertiary/aromatic N) is 1. The summed E-state index contributed by atoms with van der Waals surface area (Å²) in [6.45, 7) is 5.15. The fraction of sp³-hybridized carbons (Fsp3) is 0.588. The summed E-state index contributed by atoms with van der Waals surface area (Å²) in [5.41, 5.74) is 2.60. The zero-order chi connectivity index (χ0) is 13.9. The van der Waals surface area contributed by atoms with Gasteiger partial charge in [-0.2, -0.15) is 0 Å². The predicted octanol–water partition coefficient (Wildman–Crippen LogP) is 2.14. The maximum absolute atomic E-state index is 12.5. The number of amides is 1. The van der Waals surface area contributed by atoms with E-state index in [-0.39, 0.29) is 0 Å². The first-order valence-electron chi connectivity index (χ1n) is 7.80. The number of piperidine rings is 1. The number of hydrogen-bond donors (Lipinski definition) is 1. The van der Waals surface area contributed by atoms with Crippen molar-refractivity contribution < 1.29 is 4.79 Å². The summed E-state index contributed by atoms with van der Waals surface area (Å²) in [4.78, 5) is 14.7. The molecule has 1 N–H and O–H groups in total. The Labute approximate surface area is 121 Å². The van der Waals surface area contributed by atoms with E-state index in [2.05, 4.69) is 41.4 Å². The fourth-order valence-electron chi connectivity index (χ4n) is 3.65. The number of fused-ring (bicyclic) bond motifs is 1. The van der Waals surface area contributed by atoms with Crippen LogP contribution in [0.3, 0.4) is 0 Å². The van der Waals surface area contributed by atoms with Crippen LogP contribution in [-0.4, -0.2) is 36.5 Å². The number of aryl methyl sites for hydroxylation is 2. The van der Waals surface area contributed by atoms with Crippen molar-refractivity contribution in [3.63, 3.8) is 0 Å². The van der Waals surface area contributed by atoms with Gasteiger partial charge in [0.2, 0.25) is 5.91 Å². The molecule has 0 radical (unpaired) electrons. The van der Waals surface area contributed by atoms with Gasteiger partial charge in [-0.1, -0.05) is 24.3 Å². The lowest BCUT2D eigenvalue weighted by Gasteiger charge is -2.37. The number of carbonyl (C=O) groups excluding carboxylic acids is 1. The second-order valence-corrected chi connectivity index (χ2v) is 6.14. The summed E-state index contributed by atoms with van der Waals surface area (Å²) >= 11 is 0. The summed E-state index contributed by atoms with van der Waals surface area (Å²) in [6.07, 6.45) is 3.96. The molecule has 2 atom stereocenters. The summed E-state index contributed by atoms with van der Waals surface area (Å²) in [5.74, 6) is 1.03. The molecule has 20 heavy (non-hydrogen) atoms. The number of likely N-dealkylation sites (tertiary alicyclic amines) is 1. The smallest absolute Gasteiger partial charge is 0.223 e. The van der Waals surface area contributed by atoms with Crippen molar-refractivity contribution in [3.05, 3.63) is 35.4 Å². The Bertz CT molecular complexity index is 486. The second-order valence-electron chi connectivity index (χ2n) is 6.14. The van der Waals surface area contributed by atoms with E-state index in [0.717, 1.165) is 26.1 Å². The number of nitrogens with one attached hydrogen (secondary N) is 1. The van der Waals surface area contributed by atoms with Crippen molar-refractivity contribution in [2.75, 3.05) is 19.6 Å². The Morgan fingerprint density at radius 1 is 1.35 bits per heavy atom. The number of rotatable bonds is 3. The maximum atomic E-state index is 12.5. The zero-order valence-corrected chi connectivity index (χ0v) is 12.3. The van der Waals surface area contributed by atoms with Gasteiger partial charge < -0.3 is 10.2 Å². The van der Waals surface area contributed by atoms with Crippen molar-refractivity contribution in [1.82, 2.24) is 10.2 Å². The largest absolute Gasteiger partial charge is 0.338 e. The van der Waals surface area contributed by atoms with Gasteiger partial charge in [-0.25, -0.2) is 0 Å². The molecule has 1 aromatic rings. The van der Waals surface area contributed by atoms with Gasteiger partial charge in [0.05, 0.1) is 0 Å². The monoisotopic (exact) mass is 272 g/mol. The van der Waals surface area contributed by atoms with Gasteiger partial charge in [-0.05, 0) is 43.2 Å². The molecule has 2 unspecified atom stereocenters. The van der Waals surface area contributed by atoms with Crippen molar-refractivity contribution in [3.8, 4) is 0 Å². The standard InChI is InChI=1S/C17H24N2O/c1-13-5-2-3-6-14(13)8-9-17(20)19-10-4-7-15-11-18-12-16(15)19/h2-3,5-6,15-16,18H,4,7-12H2,1H3. The van der Waals surface area contributed by atoms with Crippen LogP contribution in [0.15, 0.2) is 24.3 Å². The van der Waals surface area contributed by atoms with Crippen LogP contribution in [-0.2, 0) is 11.2 Å². The molecule has 3 rings (SSSR count). The summed E-state index contributed by atoms with van der Waals surface area (Å²) < 4.78 is 0. The first-order valence-corrected chi connectivity index (χ1v) is 7.80. The van der Waals surface area contributed by atoms with E-state index in [4.69, 9.17) is 0 Å². The third-order valence-electron chi connectivity index (χ3n) is 4.87. The third-order valence-corrected chi connectivity index (χ3v) is 4.87. The summed E-state index contributed by atoms with van der Waals surface area (Å²) in [5, 5.41) is 3.44. The lowest BCUT2D eigenvalue weighted by molar-refractivity contribution is -0.135. The first-order chi connectivity index (χ1) is 9.75. The predicted molar refractivity (Wildman–Crippen MR) is 80.6 cm³/mol. The van der Waals surface area contributed by atoms with Crippen LogP contribution in [0.5, 0.6) is 0 Å². The average molecular weight is 272 g/mol. The number of carbonyl (C=O) groups is 1. The molecule has 2 aliphatic heterocycles. The van der Waals surface area contributed by atoms with E-state index >= 15 is 0 Å². The van der Waals surface area contributed by atoms with Crippen LogP contribution < -0.4 is 5.32 Å². The molecule has 1 aromatic carbocycles. The highest BCUT2D eigenvalue weighted by Gasteiger charge is 2.36. The Balaban J connectivity index is 1.60. The Hall–Kier alpha value is -1.35. The van der Waals surface area contributed by atoms with Crippen molar-refractivity contribution in [2.24, 2.45) is 5.92 Å². The maximum Gasteiger partial charge on any atom is 0.223 e. The molecule has 108 valence electrons. The quantitative estimate of drug-likeness (QED) is 0.914. The fourth-order valence-corrected chi connectivity index (χ4v) is 3.65. The van der Waals surface area contributed by atoms with Crippen molar-refractivity contribution in [2.45, 2.75) is 38.6 Å². The molecule has 0 aliphatic carbocycles. The molecule has 3 heteroatoms. The summed E-state index contributed by atoms with van der Waals surface area (Å²) in [6, 6.07) is 8.83. The van der Waals surface area contributed by atoms with Gasteiger partial charge in [-0.15, -0.1) is 0 Å². The Kier molecular flexibility index (Phi) is 4.06. The molecular weight excluding hydrogens is 248 g/mol. The van der Waals surface area contributed by atoms with Crippen molar-refractivity contribution in [1.29, 1.82) is 0 Å². The van der Waals surface area contributed by atoms with Gasteiger partial charge in [-0.3, -0.25) is 4.79 Å². The van der Waals surface area contributed by atoms with E-state index in [9.17, 15) is 4.79 Å². The minimum Gasteiger partial charge on any atom is -0.338 e. The molecule has 0 bridgehead atoms. The molecule has 2 fully saturated rings. The minimum absolute atomic E-state index is 0.339. The number of hydrogen-bond acceptors (Lipinski definition) is 2. The second kappa shape index (κ2) is 5.96. The molecule has 2 saturated heterocycles. The third kappa shape index (κ3) is 2.73. The first kappa shape index (κ1) is 13.6. The molecule has 0 aromatic heterocycles. The Morgan fingerprint density at radius 2 is 2.20 bits per heavy atom. The van der Waals surface area contributed by atoms with E-state index in [1.54, 1.807) is 0 Å². The van der Waals surface area contributed by atoms with E-state index in [1.807, 2.05) is 0 Å². The highest BCUT2D eigenvalue weighted by molar-refractivity contribution is 5.77. The van der Waals surface area contributed by atoms with E-state index in [0.29, 0.717) is 24.3 Å². The molecule has 2 heterocycles. The molecular formula is C17H24N2O. The van der Waals surface area contributed by atoms with Gasteiger partial charge in [0.1, 0.15) is 0 Å². The highest BCUT2D eigenvalue weighted by Crippen LogP contribution is 2.27. The van der Waals surface area contributed by atoms with Crippen LogP contribution in [0.2, 0.25) is 0 Å². The van der Waals surface area contributed by atoms with E-state index in [1.165, 1.54) is 24.0 Å². The lowest BCUT2D eigenvalue weighted by atomic mass is 9.91. The lowest BCUT2D eigenvalue weighted by Crippen LogP contribution is -2.48. The summed E-state index contributed by atoms with van der Waals surface area (Å²) in [7, 11) is 0. The van der Waals surface area contributed by atoms with Crippen LogP contribution in [0, 0.1) is 12.8 Å². The van der Waals surface area contributed by atoms with Crippen LogP contribution in [0.4, 0.5) is 0 Å². The Morgan fingerprint density at radius 3 is 3.05 bits per heavy atom. The normalized spacial score (nSPS) is 25.6. The topological polar surface area (TPSA) is 32.3 Å². The molecule has 1 amide bonds. The van der Waals surface area contributed by atoms with Gasteiger partial charge in [0.25, 0.3) is 0 Å². The SMILES string of the molecule is Cc1ccccc1CCC(=O)N1CCCC2CNCC21. The molecule has 0 saturated carbocycles. The van der Waals surface area contributed by atoms with Gasteiger partial charge in [0.15, 0.2) is 0 Å². The average Bonchev–Trinajstić information content (AvgIpc) is 2.94. The van der Waals surface area contributed by atoms with Crippen LogP contribution in [0.25, 0.3) is 0 Å². The molecule has 2 aliphatic rings. The molecule has 3 nitrogen and oxygen atoms in total. The zero-order valence-electron chi connectivity index (χ0n) is 12.3. The van der Waals surface area contributed by atoms with Gasteiger partial charge >= 0.3 is 0 Å². The highest BCUT2D eigenvalue weighted by atomic mass is 16.2. The number of benzene rings is 1. The van der Waals surface area contributed by atoms with Crippen molar-refractivity contribution >= 4 is 5.91 Å². The van der Waals surface area contributed by atoms with E-state index < -0.39 is 0 Å². The van der Waals surface area contributed by atoms with Crippen LogP contribution in [0.1, 0.15) is 30.4 Å². The van der Waals surface area contributed by atoms with Crippen LogP contribution >= 0.6 is 0 Å².